The van der Waals surface area contributed by atoms with Crippen molar-refractivity contribution in [2.75, 3.05) is 18.6 Å². The van der Waals surface area contributed by atoms with Crippen LogP contribution in [0.15, 0.2) is 30.3 Å². The zero-order valence-corrected chi connectivity index (χ0v) is 14.5. The number of anilines is 1. The van der Waals surface area contributed by atoms with Gasteiger partial charge in [0.25, 0.3) is 11.6 Å². The minimum Gasteiger partial charge on any atom is -0.495 e. The lowest BCUT2D eigenvalue weighted by molar-refractivity contribution is -0.384. The fourth-order valence-corrected chi connectivity index (χ4v) is 3.32. The zero-order valence-electron chi connectivity index (χ0n) is 14.5. The van der Waals surface area contributed by atoms with Crippen molar-refractivity contribution in [1.29, 1.82) is 0 Å². The molecule has 2 aromatic rings. The van der Waals surface area contributed by atoms with E-state index < -0.39 is 4.92 Å². The maximum atomic E-state index is 13.2. The van der Waals surface area contributed by atoms with Crippen LogP contribution in [0.1, 0.15) is 33.5 Å². The molecule has 0 fully saturated rings. The van der Waals surface area contributed by atoms with Crippen LogP contribution in [0.5, 0.6) is 5.75 Å². The molecule has 1 amide bonds. The highest BCUT2D eigenvalue weighted by Gasteiger charge is 2.29. The van der Waals surface area contributed by atoms with Crippen molar-refractivity contribution in [1.82, 2.24) is 0 Å². The first-order chi connectivity index (χ1) is 11.9. The number of hydrogen-bond donors (Lipinski definition) is 0. The summed E-state index contributed by atoms with van der Waals surface area (Å²) in [5.74, 6) is 0.419. The number of nitrogens with zero attached hydrogens (tertiary/aromatic N) is 2. The molecule has 3 rings (SSSR count). The molecule has 0 aliphatic carbocycles. The van der Waals surface area contributed by atoms with Gasteiger partial charge in [-0.2, -0.15) is 0 Å². The second-order valence-corrected chi connectivity index (χ2v) is 6.23. The molecule has 0 unspecified atom stereocenters. The van der Waals surface area contributed by atoms with E-state index in [1.165, 1.54) is 12.1 Å². The number of amides is 1. The quantitative estimate of drug-likeness (QED) is 0.629. The summed E-state index contributed by atoms with van der Waals surface area (Å²) in [6.07, 6.45) is 1.73. The van der Waals surface area contributed by atoms with E-state index in [-0.39, 0.29) is 11.6 Å². The van der Waals surface area contributed by atoms with Gasteiger partial charge >= 0.3 is 0 Å². The molecule has 0 atom stereocenters. The van der Waals surface area contributed by atoms with Crippen LogP contribution < -0.4 is 9.64 Å². The minimum atomic E-state index is -0.481. The number of fused-ring (bicyclic) bond motifs is 1. The van der Waals surface area contributed by atoms with Crippen LogP contribution in [0.4, 0.5) is 11.4 Å². The molecule has 0 radical (unpaired) electrons. The molecule has 0 spiro atoms. The van der Waals surface area contributed by atoms with Gasteiger partial charge in [0.1, 0.15) is 5.75 Å². The smallest absolute Gasteiger partial charge is 0.270 e. The Morgan fingerprint density at radius 2 is 1.92 bits per heavy atom. The molecular weight excluding hydrogens is 320 g/mol. The first kappa shape index (κ1) is 17.0. The summed E-state index contributed by atoms with van der Waals surface area (Å²) in [6, 6.07) is 8.24. The maximum absolute atomic E-state index is 13.2. The Labute approximate surface area is 146 Å². The van der Waals surface area contributed by atoms with Gasteiger partial charge in [-0.3, -0.25) is 14.9 Å². The van der Waals surface area contributed by atoms with E-state index in [1.807, 2.05) is 19.1 Å². The Bertz CT molecular complexity index is 861. The number of carbonyl (C=O) groups is 1. The molecule has 0 N–H and O–H groups in total. The molecule has 6 heteroatoms. The molecule has 0 saturated heterocycles. The number of non-ortho nitro benzene ring substituents is 1. The van der Waals surface area contributed by atoms with Crippen LogP contribution >= 0.6 is 0 Å². The van der Waals surface area contributed by atoms with Crippen LogP contribution in [-0.4, -0.2) is 24.5 Å². The summed E-state index contributed by atoms with van der Waals surface area (Å²) in [5.41, 5.74) is 3.98. The van der Waals surface area contributed by atoms with Gasteiger partial charge in [-0.15, -0.1) is 0 Å². The van der Waals surface area contributed by atoms with E-state index in [0.29, 0.717) is 23.4 Å². The number of hydrogen-bond acceptors (Lipinski definition) is 4. The van der Waals surface area contributed by atoms with Crippen LogP contribution in [-0.2, 0) is 6.42 Å². The Morgan fingerprint density at radius 1 is 1.20 bits per heavy atom. The monoisotopic (exact) mass is 340 g/mol. The van der Waals surface area contributed by atoms with Crippen LogP contribution in [0, 0.1) is 24.0 Å². The highest BCUT2D eigenvalue weighted by molar-refractivity contribution is 6.09. The highest BCUT2D eigenvalue weighted by Crippen LogP contribution is 2.39. The highest BCUT2D eigenvalue weighted by atomic mass is 16.6. The number of benzene rings is 2. The number of nitro groups is 1. The maximum Gasteiger partial charge on any atom is 0.270 e. The van der Waals surface area contributed by atoms with E-state index >= 15 is 0 Å². The van der Waals surface area contributed by atoms with Gasteiger partial charge in [0.2, 0.25) is 0 Å². The van der Waals surface area contributed by atoms with E-state index in [9.17, 15) is 14.9 Å². The van der Waals surface area contributed by atoms with Crippen molar-refractivity contribution in [3.05, 3.63) is 62.7 Å². The topological polar surface area (TPSA) is 72.7 Å². The Balaban J connectivity index is 2.11. The van der Waals surface area contributed by atoms with Gasteiger partial charge in [-0.1, -0.05) is 12.1 Å². The second-order valence-electron chi connectivity index (χ2n) is 6.23. The molecule has 1 aliphatic heterocycles. The van der Waals surface area contributed by atoms with Gasteiger partial charge in [-0.05, 0) is 49.4 Å². The molecule has 0 bridgehead atoms. The molecule has 2 aromatic carbocycles. The van der Waals surface area contributed by atoms with E-state index in [2.05, 4.69) is 0 Å². The summed E-state index contributed by atoms with van der Waals surface area (Å²) in [7, 11) is 1.58. The predicted octanol–water partition coefficient (Wildman–Crippen LogP) is 3.81. The number of methoxy groups -OCH3 is 1. The summed E-state index contributed by atoms with van der Waals surface area (Å²) in [4.78, 5) is 25.5. The Kier molecular flexibility index (Phi) is 4.44. The normalized spacial score (nSPS) is 13.3. The molecule has 1 heterocycles. The van der Waals surface area contributed by atoms with Crippen LogP contribution in [0.2, 0.25) is 0 Å². The van der Waals surface area contributed by atoms with Crippen LogP contribution in [0.3, 0.4) is 0 Å². The molecule has 25 heavy (non-hydrogen) atoms. The molecular formula is C19H20N2O4. The van der Waals surface area contributed by atoms with Crippen molar-refractivity contribution in [2.45, 2.75) is 26.7 Å². The Morgan fingerprint density at radius 3 is 2.60 bits per heavy atom. The van der Waals surface area contributed by atoms with Crippen molar-refractivity contribution in [3.63, 3.8) is 0 Å². The average molecular weight is 340 g/mol. The molecule has 0 aromatic heterocycles. The summed E-state index contributed by atoms with van der Waals surface area (Å²) in [6.45, 7) is 4.37. The number of rotatable bonds is 3. The van der Waals surface area contributed by atoms with Crippen LogP contribution in [0.25, 0.3) is 0 Å². The minimum absolute atomic E-state index is 0.0811. The average Bonchev–Trinajstić information content (AvgIpc) is 2.61. The second kappa shape index (κ2) is 6.55. The van der Waals surface area contributed by atoms with E-state index in [0.717, 1.165) is 29.7 Å². The molecule has 6 nitrogen and oxygen atoms in total. The zero-order chi connectivity index (χ0) is 18.1. The standard InChI is InChI=1S/C19H20N2O4/c1-12-7-9-17(25-3)18-15(12)5-4-10-20(18)19(22)16-11-14(21(23)24)8-6-13(16)2/h6-9,11H,4-5,10H2,1-3H3. The van der Waals surface area contributed by atoms with Crippen molar-refractivity contribution in [2.24, 2.45) is 0 Å². The van der Waals surface area contributed by atoms with Gasteiger partial charge in [0, 0.05) is 24.2 Å². The van der Waals surface area contributed by atoms with Gasteiger partial charge in [-0.25, -0.2) is 0 Å². The molecule has 130 valence electrons. The lowest BCUT2D eigenvalue weighted by Crippen LogP contribution is -2.36. The van der Waals surface area contributed by atoms with Crippen molar-refractivity contribution < 1.29 is 14.5 Å². The molecule has 0 saturated carbocycles. The third kappa shape index (κ3) is 2.95. The number of ether oxygens (including phenoxy) is 1. The van der Waals surface area contributed by atoms with Crippen molar-refractivity contribution >= 4 is 17.3 Å². The number of nitro benzene ring substituents is 1. The fraction of sp³-hybridized carbons (Fsp3) is 0.316. The largest absolute Gasteiger partial charge is 0.495 e. The SMILES string of the molecule is COc1ccc(C)c2c1N(C(=O)c1cc([N+](=O)[O-])ccc1C)CCC2. The molecule has 1 aliphatic rings. The van der Waals surface area contributed by atoms with Gasteiger partial charge < -0.3 is 9.64 Å². The van der Waals surface area contributed by atoms with Gasteiger partial charge in [0.05, 0.1) is 17.7 Å². The van der Waals surface area contributed by atoms with Crippen molar-refractivity contribution in [3.8, 4) is 5.75 Å². The first-order valence-corrected chi connectivity index (χ1v) is 8.17. The third-order valence-corrected chi connectivity index (χ3v) is 4.69. The number of aryl methyl sites for hydroxylation is 2. The third-order valence-electron chi connectivity index (χ3n) is 4.69. The first-order valence-electron chi connectivity index (χ1n) is 8.17. The van der Waals surface area contributed by atoms with E-state index in [1.54, 1.807) is 25.0 Å². The summed E-state index contributed by atoms with van der Waals surface area (Å²) >= 11 is 0. The Hall–Kier alpha value is -2.89. The lowest BCUT2D eigenvalue weighted by Gasteiger charge is -2.32. The number of carbonyl (C=O) groups excluding carboxylic acids is 1. The van der Waals surface area contributed by atoms with E-state index in [4.69, 9.17) is 4.74 Å². The summed E-state index contributed by atoms with van der Waals surface area (Å²) < 4.78 is 5.47. The predicted molar refractivity (Wildman–Crippen MR) is 95.6 cm³/mol. The fourth-order valence-electron chi connectivity index (χ4n) is 3.32. The van der Waals surface area contributed by atoms with Gasteiger partial charge in [0.15, 0.2) is 0 Å². The summed E-state index contributed by atoms with van der Waals surface area (Å²) in [5, 5.41) is 11.1. The lowest BCUT2D eigenvalue weighted by atomic mass is 9.95.